The van der Waals surface area contributed by atoms with E-state index in [9.17, 15) is 4.79 Å². The minimum atomic E-state index is -0.463. The second-order valence-electron chi connectivity index (χ2n) is 7.15. The molecule has 0 radical (unpaired) electrons. The van der Waals surface area contributed by atoms with Gasteiger partial charge in [0.1, 0.15) is 5.75 Å². The predicted octanol–water partition coefficient (Wildman–Crippen LogP) is 5.88. The highest BCUT2D eigenvalue weighted by atomic mass is 16.6. The van der Waals surface area contributed by atoms with Crippen molar-refractivity contribution in [3.8, 4) is 16.9 Å². The summed E-state index contributed by atoms with van der Waals surface area (Å²) in [5, 5.41) is 0. The zero-order chi connectivity index (χ0) is 20.9. The number of nitrogens with zero attached hydrogens (tertiary/aromatic N) is 1. The number of carbonyl (C=O) groups is 1. The van der Waals surface area contributed by atoms with E-state index in [4.69, 9.17) is 9.47 Å². The Bertz CT molecular complexity index is 1100. The monoisotopic (exact) mass is 397 g/mol. The van der Waals surface area contributed by atoms with Gasteiger partial charge in [-0.05, 0) is 48.7 Å². The van der Waals surface area contributed by atoms with Gasteiger partial charge in [-0.1, -0.05) is 67.6 Å². The molecule has 1 aliphatic rings. The minimum absolute atomic E-state index is 0.0854. The third-order valence-corrected chi connectivity index (χ3v) is 4.97. The van der Waals surface area contributed by atoms with Crippen LogP contribution in [0, 0.1) is 0 Å². The molecule has 0 amide bonds. The largest absolute Gasteiger partial charge is 0.490 e. The number of aliphatic imine (C=N–C) groups is 1. The van der Waals surface area contributed by atoms with Crippen LogP contribution in [0.15, 0.2) is 89.6 Å². The maximum Gasteiger partial charge on any atom is 0.363 e. The molecule has 0 aromatic heterocycles. The summed E-state index contributed by atoms with van der Waals surface area (Å²) in [6, 6.07) is 25.6. The first-order valence-electron chi connectivity index (χ1n) is 10.1. The lowest BCUT2D eigenvalue weighted by atomic mass is 10.0. The van der Waals surface area contributed by atoms with E-state index < -0.39 is 5.97 Å². The molecule has 150 valence electrons. The molecule has 1 unspecified atom stereocenters. The molecular weight excluding hydrogens is 374 g/mol. The van der Waals surface area contributed by atoms with Crippen LogP contribution in [0.3, 0.4) is 0 Å². The number of hydrogen-bond acceptors (Lipinski definition) is 4. The molecule has 0 fully saturated rings. The number of carbonyl (C=O) groups excluding carboxylic acids is 1. The van der Waals surface area contributed by atoms with Crippen molar-refractivity contribution in [1.82, 2.24) is 0 Å². The normalized spacial score (nSPS) is 15.6. The molecule has 0 saturated heterocycles. The molecule has 1 aliphatic heterocycles. The SMILES string of the molecule is CCC(C)Oc1ccccc1/C=C1\N=C(c2ccc(-c3ccccc3)cc2)OC1=O. The van der Waals surface area contributed by atoms with Gasteiger partial charge in [0.2, 0.25) is 5.90 Å². The summed E-state index contributed by atoms with van der Waals surface area (Å²) in [7, 11) is 0. The molecule has 0 saturated carbocycles. The second-order valence-corrected chi connectivity index (χ2v) is 7.15. The summed E-state index contributed by atoms with van der Waals surface area (Å²) >= 11 is 0. The van der Waals surface area contributed by atoms with Crippen molar-refractivity contribution < 1.29 is 14.3 Å². The molecule has 0 N–H and O–H groups in total. The van der Waals surface area contributed by atoms with Crippen LogP contribution in [0.5, 0.6) is 5.75 Å². The van der Waals surface area contributed by atoms with Crippen LogP contribution in [0.25, 0.3) is 17.2 Å². The Morgan fingerprint density at radius 2 is 1.53 bits per heavy atom. The topological polar surface area (TPSA) is 47.9 Å². The molecule has 0 aliphatic carbocycles. The van der Waals surface area contributed by atoms with E-state index in [0.29, 0.717) is 5.90 Å². The molecule has 30 heavy (non-hydrogen) atoms. The molecule has 1 atom stereocenters. The van der Waals surface area contributed by atoms with E-state index in [1.54, 1.807) is 6.08 Å². The summed E-state index contributed by atoms with van der Waals surface area (Å²) in [6.07, 6.45) is 2.70. The fraction of sp³-hybridized carbons (Fsp3) is 0.154. The molecule has 4 rings (SSSR count). The zero-order valence-corrected chi connectivity index (χ0v) is 17.0. The minimum Gasteiger partial charge on any atom is -0.490 e. The van der Waals surface area contributed by atoms with Gasteiger partial charge in [0, 0.05) is 11.1 Å². The van der Waals surface area contributed by atoms with Crippen molar-refractivity contribution in [3.63, 3.8) is 0 Å². The van der Waals surface area contributed by atoms with Gasteiger partial charge < -0.3 is 9.47 Å². The van der Waals surface area contributed by atoms with Crippen molar-refractivity contribution >= 4 is 17.9 Å². The molecule has 3 aromatic rings. The van der Waals surface area contributed by atoms with E-state index in [1.807, 2.05) is 73.7 Å². The summed E-state index contributed by atoms with van der Waals surface area (Å²) in [5.74, 6) is 0.574. The van der Waals surface area contributed by atoms with E-state index in [0.717, 1.165) is 34.4 Å². The zero-order valence-electron chi connectivity index (χ0n) is 17.0. The van der Waals surface area contributed by atoms with Crippen molar-refractivity contribution in [1.29, 1.82) is 0 Å². The fourth-order valence-corrected chi connectivity index (χ4v) is 3.12. The third-order valence-electron chi connectivity index (χ3n) is 4.97. The highest BCUT2D eigenvalue weighted by molar-refractivity contribution is 6.13. The lowest BCUT2D eigenvalue weighted by molar-refractivity contribution is -0.129. The van der Waals surface area contributed by atoms with Crippen LogP contribution in [0.2, 0.25) is 0 Å². The van der Waals surface area contributed by atoms with Crippen molar-refractivity contribution in [2.45, 2.75) is 26.4 Å². The first-order valence-corrected chi connectivity index (χ1v) is 10.1. The third kappa shape index (κ3) is 4.33. The standard InChI is InChI=1S/C26H23NO3/c1-3-18(2)29-24-12-8-7-11-22(24)17-23-26(28)30-25(27-23)21-15-13-20(14-16-21)19-9-5-4-6-10-19/h4-18H,3H2,1-2H3/b23-17-. The van der Waals surface area contributed by atoms with Crippen molar-refractivity contribution in [3.05, 3.63) is 95.7 Å². The van der Waals surface area contributed by atoms with Gasteiger partial charge in [0.25, 0.3) is 0 Å². The van der Waals surface area contributed by atoms with Gasteiger partial charge >= 0.3 is 5.97 Å². The maximum absolute atomic E-state index is 12.4. The van der Waals surface area contributed by atoms with Crippen LogP contribution in [-0.4, -0.2) is 18.0 Å². The van der Waals surface area contributed by atoms with Crippen LogP contribution in [-0.2, 0) is 9.53 Å². The van der Waals surface area contributed by atoms with E-state index in [-0.39, 0.29) is 11.8 Å². The van der Waals surface area contributed by atoms with Gasteiger partial charge in [-0.3, -0.25) is 0 Å². The Labute approximate surface area is 176 Å². The molecule has 0 bridgehead atoms. The van der Waals surface area contributed by atoms with Gasteiger partial charge in [0.05, 0.1) is 6.10 Å². The Morgan fingerprint density at radius 3 is 2.27 bits per heavy atom. The Balaban J connectivity index is 1.59. The molecule has 3 aromatic carbocycles. The Hall–Kier alpha value is -3.66. The van der Waals surface area contributed by atoms with Crippen molar-refractivity contribution in [2.75, 3.05) is 0 Å². The van der Waals surface area contributed by atoms with Gasteiger partial charge in [-0.25, -0.2) is 9.79 Å². The predicted molar refractivity (Wildman–Crippen MR) is 119 cm³/mol. The lowest BCUT2D eigenvalue weighted by Crippen LogP contribution is -2.10. The molecule has 4 nitrogen and oxygen atoms in total. The first kappa shape index (κ1) is 19.6. The van der Waals surface area contributed by atoms with E-state index >= 15 is 0 Å². The summed E-state index contributed by atoms with van der Waals surface area (Å²) in [4.78, 5) is 16.8. The average Bonchev–Trinajstić information content (AvgIpc) is 3.16. The number of para-hydroxylation sites is 1. The van der Waals surface area contributed by atoms with Gasteiger partial charge in [-0.2, -0.15) is 0 Å². The second kappa shape index (κ2) is 8.78. The Kier molecular flexibility index (Phi) is 5.75. The molecule has 1 heterocycles. The van der Waals surface area contributed by atoms with Crippen molar-refractivity contribution in [2.24, 2.45) is 4.99 Å². The van der Waals surface area contributed by atoms with Gasteiger partial charge in [-0.15, -0.1) is 0 Å². The number of benzene rings is 3. The summed E-state index contributed by atoms with van der Waals surface area (Å²) < 4.78 is 11.4. The molecule has 4 heteroatoms. The van der Waals surface area contributed by atoms with E-state index in [2.05, 4.69) is 24.0 Å². The quantitative estimate of drug-likeness (QED) is 0.386. The maximum atomic E-state index is 12.4. The number of hydrogen-bond donors (Lipinski definition) is 0. The number of ether oxygens (including phenoxy) is 2. The van der Waals surface area contributed by atoms with Crippen LogP contribution in [0.4, 0.5) is 0 Å². The van der Waals surface area contributed by atoms with Crippen LogP contribution >= 0.6 is 0 Å². The highest BCUT2D eigenvalue weighted by Gasteiger charge is 2.24. The fourth-order valence-electron chi connectivity index (χ4n) is 3.12. The molecular formula is C26H23NO3. The summed E-state index contributed by atoms with van der Waals surface area (Å²) in [6.45, 7) is 4.09. The highest BCUT2D eigenvalue weighted by Crippen LogP contribution is 2.26. The van der Waals surface area contributed by atoms with Crippen LogP contribution in [0.1, 0.15) is 31.4 Å². The number of esters is 1. The van der Waals surface area contributed by atoms with E-state index in [1.165, 1.54) is 0 Å². The lowest BCUT2D eigenvalue weighted by Gasteiger charge is -2.14. The number of rotatable bonds is 6. The van der Waals surface area contributed by atoms with Gasteiger partial charge in [0.15, 0.2) is 5.70 Å². The van der Waals surface area contributed by atoms with Crippen LogP contribution < -0.4 is 4.74 Å². The first-order chi connectivity index (χ1) is 14.6. The Morgan fingerprint density at radius 1 is 0.900 bits per heavy atom. The number of cyclic esters (lactones) is 1. The smallest absolute Gasteiger partial charge is 0.363 e. The summed E-state index contributed by atoms with van der Waals surface area (Å²) in [5.41, 5.74) is 4.05. The average molecular weight is 397 g/mol. The molecule has 0 spiro atoms.